The first-order valence-electron chi connectivity index (χ1n) is 6.62. The summed E-state index contributed by atoms with van der Waals surface area (Å²) in [6.45, 7) is -0.316. The normalized spacial score (nSPS) is 17.3. The van der Waals surface area contributed by atoms with Crippen molar-refractivity contribution in [3.05, 3.63) is 40.4 Å². The number of amides is 1. The van der Waals surface area contributed by atoms with E-state index in [2.05, 4.69) is 5.32 Å². The Labute approximate surface area is 133 Å². The molecule has 2 rings (SSSR count). The Hall–Kier alpha value is -1.52. The number of carbonyl (C=O) groups excluding carboxylic acids is 2. The number of hydrogen-bond donors (Lipinski definition) is 1. The van der Waals surface area contributed by atoms with Gasteiger partial charge in [-0.2, -0.15) is 0 Å². The van der Waals surface area contributed by atoms with Crippen molar-refractivity contribution >= 4 is 40.8 Å². The molecule has 1 aliphatic rings. The standard InChI is InChI=1S/C15H15Cl2NO3/c16-11-6-12(17)8-13(7-11)18-14(19)9-21-15(20)10-4-2-1-3-5-10/h1-2,6-8,10H,3-5,9H2,(H,18,19)/t10-/m1/s1. The van der Waals surface area contributed by atoms with Crippen LogP contribution in [0.3, 0.4) is 0 Å². The van der Waals surface area contributed by atoms with Gasteiger partial charge < -0.3 is 10.1 Å². The summed E-state index contributed by atoms with van der Waals surface area (Å²) in [6, 6.07) is 4.70. The summed E-state index contributed by atoms with van der Waals surface area (Å²) in [6.07, 6.45) is 6.31. The number of nitrogens with one attached hydrogen (secondary N) is 1. The van der Waals surface area contributed by atoms with E-state index in [0.29, 0.717) is 22.2 Å². The lowest BCUT2D eigenvalue weighted by Gasteiger charge is -2.16. The molecule has 0 radical (unpaired) electrons. The van der Waals surface area contributed by atoms with Gasteiger partial charge in [0.2, 0.25) is 0 Å². The minimum Gasteiger partial charge on any atom is -0.455 e. The molecular formula is C15H15Cl2NO3. The largest absolute Gasteiger partial charge is 0.455 e. The number of hydrogen-bond acceptors (Lipinski definition) is 3. The van der Waals surface area contributed by atoms with E-state index >= 15 is 0 Å². The fourth-order valence-corrected chi connectivity index (χ4v) is 2.61. The van der Waals surface area contributed by atoms with Crippen LogP contribution in [-0.4, -0.2) is 18.5 Å². The topological polar surface area (TPSA) is 55.4 Å². The zero-order valence-electron chi connectivity index (χ0n) is 11.3. The van der Waals surface area contributed by atoms with Crippen LogP contribution in [0.15, 0.2) is 30.4 Å². The van der Waals surface area contributed by atoms with E-state index in [0.717, 1.165) is 12.8 Å². The molecule has 112 valence electrons. The maximum Gasteiger partial charge on any atom is 0.309 e. The molecule has 0 fully saturated rings. The number of rotatable bonds is 4. The molecule has 6 heteroatoms. The highest BCUT2D eigenvalue weighted by atomic mass is 35.5. The average molecular weight is 328 g/mol. The lowest BCUT2D eigenvalue weighted by molar-refractivity contribution is -0.151. The molecule has 0 unspecified atom stereocenters. The van der Waals surface area contributed by atoms with E-state index < -0.39 is 5.91 Å². The van der Waals surface area contributed by atoms with Gasteiger partial charge in [-0.05, 0) is 37.5 Å². The van der Waals surface area contributed by atoms with Gasteiger partial charge in [0.25, 0.3) is 5.91 Å². The number of ether oxygens (including phenoxy) is 1. The molecule has 1 aliphatic carbocycles. The first kappa shape index (κ1) is 15.9. The van der Waals surface area contributed by atoms with E-state index in [-0.39, 0.29) is 18.5 Å². The second-order valence-corrected chi connectivity index (χ2v) is 5.67. The zero-order chi connectivity index (χ0) is 15.2. The van der Waals surface area contributed by atoms with Crippen LogP contribution in [0.25, 0.3) is 0 Å². The SMILES string of the molecule is O=C(COC(=O)[C@@H]1CC=CCC1)Nc1cc(Cl)cc(Cl)c1. The Morgan fingerprint density at radius 2 is 1.90 bits per heavy atom. The van der Waals surface area contributed by atoms with Crippen LogP contribution in [0.1, 0.15) is 19.3 Å². The van der Waals surface area contributed by atoms with Crippen molar-refractivity contribution in [2.45, 2.75) is 19.3 Å². The number of halogens is 2. The van der Waals surface area contributed by atoms with Gasteiger partial charge in [0.15, 0.2) is 6.61 Å². The Bertz CT molecular complexity index is 552. The molecule has 21 heavy (non-hydrogen) atoms. The van der Waals surface area contributed by atoms with Crippen LogP contribution >= 0.6 is 23.2 Å². The number of esters is 1. The van der Waals surface area contributed by atoms with Gasteiger partial charge in [0.05, 0.1) is 5.92 Å². The highest BCUT2D eigenvalue weighted by molar-refractivity contribution is 6.35. The van der Waals surface area contributed by atoms with Crippen molar-refractivity contribution in [3.63, 3.8) is 0 Å². The Balaban J connectivity index is 1.81. The summed E-state index contributed by atoms with van der Waals surface area (Å²) in [5, 5.41) is 3.42. The Morgan fingerprint density at radius 3 is 2.52 bits per heavy atom. The molecule has 0 heterocycles. The molecule has 1 aromatic carbocycles. The van der Waals surface area contributed by atoms with Crippen molar-refractivity contribution < 1.29 is 14.3 Å². The summed E-state index contributed by atoms with van der Waals surface area (Å²) in [7, 11) is 0. The van der Waals surface area contributed by atoms with Crippen LogP contribution < -0.4 is 5.32 Å². The van der Waals surface area contributed by atoms with Gasteiger partial charge >= 0.3 is 5.97 Å². The van der Waals surface area contributed by atoms with Crippen LogP contribution in [-0.2, 0) is 14.3 Å². The smallest absolute Gasteiger partial charge is 0.309 e. The summed E-state index contributed by atoms with van der Waals surface area (Å²) in [5.41, 5.74) is 0.467. The van der Waals surface area contributed by atoms with Crippen molar-refractivity contribution in [1.82, 2.24) is 0 Å². The molecule has 1 atom stereocenters. The molecule has 0 spiro atoms. The maximum atomic E-state index is 11.8. The molecule has 0 saturated heterocycles. The molecule has 4 nitrogen and oxygen atoms in total. The second kappa shape index (κ2) is 7.48. The lowest BCUT2D eigenvalue weighted by atomic mass is 9.95. The molecule has 0 saturated carbocycles. The quantitative estimate of drug-likeness (QED) is 0.675. The molecule has 1 aromatic rings. The van der Waals surface area contributed by atoms with Gasteiger partial charge in [0, 0.05) is 15.7 Å². The predicted octanol–water partition coefficient (Wildman–Crippen LogP) is 3.83. The fraction of sp³-hybridized carbons (Fsp3) is 0.333. The Kier molecular flexibility index (Phi) is 5.65. The third kappa shape index (κ3) is 5.06. The van der Waals surface area contributed by atoms with E-state index in [9.17, 15) is 9.59 Å². The first-order chi connectivity index (χ1) is 10.0. The third-order valence-corrected chi connectivity index (χ3v) is 3.53. The van der Waals surface area contributed by atoms with Gasteiger partial charge in [-0.1, -0.05) is 35.4 Å². The zero-order valence-corrected chi connectivity index (χ0v) is 12.8. The molecule has 0 bridgehead atoms. The second-order valence-electron chi connectivity index (χ2n) is 4.80. The third-order valence-electron chi connectivity index (χ3n) is 3.09. The minimum absolute atomic E-state index is 0.150. The average Bonchev–Trinajstić information content (AvgIpc) is 2.44. The molecule has 0 aromatic heterocycles. The van der Waals surface area contributed by atoms with Crippen molar-refractivity contribution in [3.8, 4) is 0 Å². The van der Waals surface area contributed by atoms with E-state index in [1.807, 2.05) is 12.2 Å². The fourth-order valence-electron chi connectivity index (χ4n) is 2.09. The summed E-state index contributed by atoms with van der Waals surface area (Å²) < 4.78 is 5.03. The maximum absolute atomic E-state index is 11.8. The van der Waals surface area contributed by atoms with Gasteiger partial charge in [-0.3, -0.25) is 9.59 Å². The summed E-state index contributed by atoms with van der Waals surface area (Å²) in [4.78, 5) is 23.5. The van der Waals surface area contributed by atoms with Crippen LogP contribution in [0.5, 0.6) is 0 Å². The van der Waals surface area contributed by atoms with E-state index in [1.54, 1.807) is 18.2 Å². The van der Waals surface area contributed by atoms with Crippen molar-refractivity contribution in [2.75, 3.05) is 11.9 Å². The van der Waals surface area contributed by atoms with E-state index in [1.165, 1.54) is 0 Å². The molecule has 1 amide bonds. The number of carbonyl (C=O) groups is 2. The number of benzene rings is 1. The summed E-state index contributed by atoms with van der Waals surface area (Å²) >= 11 is 11.7. The molecule has 1 N–H and O–H groups in total. The van der Waals surface area contributed by atoms with E-state index in [4.69, 9.17) is 27.9 Å². The van der Waals surface area contributed by atoms with Crippen LogP contribution in [0.4, 0.5) is 5.69 Å². The predicted molar refractivity (Wildman–Crippen MR) is 82.5 cm³/mol. The van der Waals surface area contributed by atoms with Gasteiger partial charge in [0.1, 0.15) is 0 Å². The van der Waals surface area contributed by atoms with Crippen LogP contribution in [0.2, 0.25) is 10.0 Å². The minimum atomic E-state index is -0.423. The summed E-state index contributed by atoms with van der Waals surface area (Å²) in [5.74, 6) is -0.907. The molecule has 0 aliphatic heterocycles. The highest BCUT2D eigenvalue weighted by Crippen LogP contribution is 2.22. The van der Waals surface area contributed by atoms with Gasteiger partial charge in [-0.15, -0.1) is 0 Å². The highest BCUT2D eigenvalue weighted by Gasteiger charge is 2.21. The lowest BCUT2D eigenvalue weighted by Crippen LogP contribution is -2.25. The van der Waals surface area contributed by atoms with Crippen molar-refractivity contribution in [1.29, 1.82) is 0 Å². The van der Waals surface area contributed by atoms with Crippen molar-refractivity contribution in [2.24, 2.45) is 5.92 Å². The Morgan fingerprint density at radius 1 is 1.19 bits per heavy atom. The number of allylic oxidation sites excluding steroid dienone is 2. The van der Waals surface area contributed by atoms with Crippen LogP contribution in [0, 0.1) is 5.92 Å². The monoisotopic (exact) mass is 327 g/mol. The number of anilines is 1. The molecular weight excluding hydrogens is 313 g/mol. The van der Waals surface area contributed by atoms with Gasteiger partial charge in [-0.25, -0.2) is 0 Å². The first-order valence-corrected chi connectivity index (χ1v) is 7.38.